The number of aromatic nitrogens is 1. The van der Waals surface area contributed by atoms with Crippen LogP contribution < -0.4 is 9.47 Å². The minimum atomic E-state index is -0.243. The third kappa shape index (κ3) is 9.68. The number of unbranched alkanes of at least 4 members (excludes halogenated alkanes) is 5. The van der Waals surface area contributed by atoms with Gasteiger partial charge in [0.05, 0.1) is 34.4 Å². The van der Waals surface area contributed by atoms with Crippen molar-refractivity contribution in [3.05, 3.63) is 96.2 Å². The molecule has 41 heavy (non-hydrogen) atoms. The molecular weight excluding hydrogens is 512 g/mol. The molecule has 0 aliphatic heterocycles. The lowest BCUT2D eigenvalue weighted by atomic mass is 10.0. The van der Waals surface area contributed by atoms with Gasteiger partial charge in [-0.2, -0.15) is 0 Å². The van der Waals surface area contributed by atoms with Gasteiger partial charge in [0.2, 0.25) is 0 Å². The minimum absolute atomic E-state index is 0.115. The second kappa shape index (κ2) is 15.3. The Kier molecular flexibility index (Phi) is 11.3. The number of rotatable bonds is 17. The van der Waals surface area contributed by atoms with Crippen molar-refractivity contribution >= 4 is 16.9 Å². The lowest BCUT2D eigenvalue weighted by molar-refractivity contribution is -0.887. The van der Waals surface area contributed by atoms with Crippen LogP contribution in [0.3, 0.4) is 0 Å². The van der Waals surface area contributed by atoms with Crippen LogP contribution >= 0.6 is 0 Å². The molecule has 0 aliphatic rings. The first-order valence-electron chi connectivity index (χ1n) is 14.8. The molecule has 4 rings (SSSR count). The Balaban J connectivity index is 1.05. The van der Waals surface area contributed by atoms with E-state index in [9.17, 15) is 4.79 Å². The SMILES string of the molecule is C[N+](C)(C)C(Cc1c[nH]c2ccccc12)C(=O)OCCCCCCCCOc1ccc(OCc2ccccc2)cc1. The van der Waals surface area contributed by atoms with Gasteiger partial charge in [-0.1, -0.05) is 74.2 Å². The van der Waals surface area contributed by atoms with Gasteiger partial charge in [-0.25, -0.2) is 4.79 Å². The molecule has 3 aromatic carbocycles. The van der Waals surface area contributed by atoms with E-state index >= 15 is 0 Å². The predicted octanol–water partition coefficient (Wildman–Crippen LogP) is 7.33. The normalized spacial score (nSPS) is 12.3. The number of hydrogen-bond acceptors (Lipinski definition) is 4. The van der Waals surface area contributed by atoms with Crippen molar-refractivity contribution in [2.45, 2.75) is 57.6 Å². The Morgan fingerprint density at radius 2 is 1.34 bits per heavy atom. The quantitative estimate of drug-likeness (QED) is 0.0839. The van der Waals surface area contributed by atoms with Crippen LogP contribution in [-0.4, -0.2) is 55.8 Å². The molecule has 0 fully saturated rings. The summed E-state index contributed by atoms with van der Waals surface area (Å²) >= 11 is 0. The van der Waals surface area contributed by atoms with Gasteiger partial charge in [0.25, 0.3) is 0 Å². The summed E-state index contributed by atoms with van der Waals surface area (Å²) in [5.74, 6) is 1.60. The van der Waals surface area contributed by atoms with Crippen molar-refractivity contribution in [3.63, 3.8) is 0 Å². The van der Waals surface area contributed by atoms with E-state index < -0.39 is 0 Å². The zero-order chi connectivity index (χ0) is 28.9. The van der Waals surface area contributed by atoms with Crippen molar-refractivity contribution < 1.29 is 23.5 Å². The van der Waals surface area contributed by atoms with Crippen LogP contribution in [0.25, 0.3) is 10.9 Å². The highest BCUT2D eigenvalue weighted by Crippen LogP contribution is 2.22. The highest BCUT2D eigenvalue weighted by atomic mass is 16.5. The zero-order valence-corrected chi connectivity index (χ0v) is 24.8. The molecule has 1 unspecified atom stereocenters. The van der Waals surface area contributed by atoms with E-state index in [0.717, 1.165) is 66.7 Å². The summed E-state index contributed by atoms with van der Waals surface area (Å²) in [5, 5.41) is 1.17. The van der Waals surface area contributed by atoms with Crippen molar-refractivity contribution in [2.24, 2.45) is 0 Å². The van der Waals surface area contributed by atoms with E-state index in [2.05, 4.69) is 50.4 Å². The maximum Gasteiger partial charge on any atom is 0.365 e. The van der Waals surface area contributed by atoms with Crippen molar-refractivity contribution in [2.75, 3.05) is 34.4 Å². The van der Waals surface area contributed by atoms with Crippen LogP contribution in [0.15, 0.2) is 85.1 Å². The summed E-state index contributed by atoms with van der Waals surface area (Å²) in [6, 6.07) is 26.0. The van der Waals surface area contributed by atoms with E-state index in [4.69, 9.17) is 14.2 Å². The molecule has 218 valence electrons. The number of aromatic amines is 1. The summed E-state index contributed by atoms with van der Waals surface area (Å²) < 4.78 is 18.0. The molecule has 0 bridgehead atoms. The van der Waals surface area contributed by atoms with Gasteiger partial charge >= 0.3 is 5.97 Å². The Morgan fingerprint density at radius 1 is 0.732 bits per heavy atom. The summed E-state index contributed by atoms with van der Waals surface area (Å²) in [5.41, 5.74) is 3.41. The smallest absolute Gasteiger partial charge is 0.365 e. The van der Waals surface area contributed by atoms with Crippen LogP contribution in [0.1, 0.15) is 49.7 Å². The third-order valence-electron chi connectivity index (χ3n) is 7.42. The number of hydrogen-bond donors (Lipinski definition) is 1. The molecule has 1 N–H and O–H groups in total. The first-order chi connectivity index (χ1) is 19.9. The number of carbonyl (C=O) groups is 1. The van der Waals surface area contributed by atoms with Gasteiger partial charge in [-0.3, -0.25) is 0 Å². The van der Waals surface area contributed by atoms with Gasteiger partial charge in [0.1, 0.15) is 18.1 Å². The standard InChI is InChI=1S/C35H45N2O4/c1-37(2,3)34(25-29-26-36-33-18-12-11-17-32(29)33)35(38)40-24-14-7-5-4-6-13-23-39-30-19-21-31(22-20-30)41-27-28-15-9-8-10-16-28/h8-12,15-22,26,34,36H,4-7,13-14,23-25,27H2,1-3H3/q+1. The number of fused-ring (bicyclic) bond motifs is 1. The van der Waals surface area contributed by atoms with Crippen molar-refractivity contribution in [1.29, 1.82) is 0 Å². The predicted molar refractivity (Wildman–Crippen MR) is 165 cm³/mol. The highest BCUT2D eigenvalue weighted by molar-refractivity contribution is 5.84. The first kappa shape index (κ1) is 30.2. The summed E-state index contributed by atoms with van der Waals surface area (Å²) in [7, 11) is 6.17. The average molecular weight is 558 g/mol. The maximum absolute atomic E-state index is 13.0. The molecular formula is C35H45N2O4+. The molecule has 0 radical (unpaired) electrons. The lowest BCUT2D eigenvalue weighted by Crippen LogP contribution is -2.51. The Morgan fingerprint density at radius 3 is 2.05 bits per heavy atom. The van der Waals surface area contributed by atoms with Crippen LogP contribution in [0.4, 0.5) is 0 Å². The highest BCUT2D eigenvalue weighted by Gasteiger charge is 2.33. The van der Waals surface area contributed by atoms with E-state index in [0.29, 0.717) is 30.7 Å². The second-order valence-electron chi connectivity index (χ2n) is 11.6. The van der Waals surface area contributed by atoms with Crippen molar-refractivity contribution in [3.8, 4) is 11.5 Å². The molecule has 0 saturated carbocycles. The van der Waals surface area contributed by atoms with Crippen LogP contribution in [0.2, 0.25) is 0 Å². The van der Waals surface area contributed by atoms with Gasteiger partial charge in [0, 0.05) is 23.5 Å². The zero-order valence-electron chi connectivity index (χ0n) is 24.8. The minimum Gasteiger partial charge on any atom is -0.494 e. The Hall–Kier alpha value is -3.77. The summed E-state index contributed by atoms with van der Waals surface area (Å²) in [4.78, 5) is 16.3. The largest absolute Gasteiger partial charge is 0.494 e. The number of ether oxygens (including phenoxy) is 3. The molecule has 4 aromatic rings. The number of nitrogens with zero attached hydrogens (tertiary/aromatic N) is 1. The number of likely N-dealkylation sites (N-methyl/N-ethyl adjacent to an activating group) is 1. The average Bonchev–Trinajstić information content (AvgIpc) is 3.39. The Labute approximate surface area is 244 Å². The van der Waals surface area contributed by atoms with E-state index in [1.165, 1.54) is 5.39 Å². The fourth-order valence-corrected chi connectivity index (χ4v) is 4.93. The van der Waals surface area contributed by atoms with E-state index in [-0.39, 0.29) is 12.0 Å². The molecule has 0 aliphatic carbocycles. The van der Waals surface area contributed by atoms with E-state index in [1.807, 2.05) is 60.8 Å². The maximum atomic E-state index is 13.0. The Bertz CT molecular complexity index is 1330. The van der Waals surface area contributed by atoms with Gasteiger partial charge in [-0.15, -0.1) is 0 Å². The molecule has 1 atom stereocenters. The lowest BCUT2D eigenvalue weighted by Gasteiger charge is -2.32. The monoisotopic (exact) mass is 557 g/mol. The van der Waals surface area contributed by atoms with Gasteiger partial charge < -0.3 is 23.7 Å². The summed E-state index contributed by atoms with van der Waals surface area (Å²) in [6.07, 6.45) is 9.09. The number of quaternary nitrogens is 1. The number of nitrogens with one attached hydrogen (secondary N) is 1. The van der Waals surface area contributed by atoms with Crippen LogP contribution in [0, 0.1) is 0 Å². The number of esters is 1. The van der Waals surface area contributed by atoms with Crippen molar-refractivity contribution in [1.82, 2.24) is 4.98 Å². The number of carbonyl (C=O) groups excluding carboxylic acids is 1. The fourth-order valence-electron chi connectivity index (χ4n) is 4.93. The number of H-pyrrole nitrogens is 1. The molecule has 0 spiro atoms. The third-order valence-corrected chi connectivity index (χ3v) is 7.42. The van der Waals surface area contributed by atoms with Gasteiger partial charge in [-0.05, 0) is 54.3 Å². The number of para-hydroxylation sites is 1. The molecule has 0 amide bonds. The van der Waals surface area contributed by atoms with Gasteiger partial charge in [0.15, 0.2) is 6.04 Å². The first-order valence-corrected chi connectivity index (χ1v) is 14.8. The van der Waals surface area contributed by atoms with E-state index in [1.54, 1.807) is 0 Å². The molecule has 1 aromatic heterocycles. The fraction of sp³-hybridized carbons (Fsp3) is 0.400. The van der Waals surface area contributed by atoms with Crippen LogP contribution in [0.5, 0.6) is 11.5 Å². The molecule has 6 nitrogen and oxygen atoms in total. The topological polar surface area (TPSA) is 60.6 Å². The molecule has 1 heterocycles. The summed E-state index contributed by atoms with van der Waals surface area (Å²) in [6.45, 7) is 1.76. The number of benzene rings is 3. The molecule has 6 heteroatoms. The second-order valence-corrected chi connectivity index (χ2v) is 11.6. The molecule has 0 saturated heterocycles. The van der Waals surface area contributed by atoms with Crippen LogP contribution in [-0.2, 0) is 22.6 Å².